The summed E-state index contributed by atoms with van der Waals surface area (Å²) in [6.07, 6.45) is 3.22. The number of thiazole rings is 1. The summed E-state index contributed by atoms with van der Waals surface area (Å²) in [6, 6.07) is 3.60. The van der Waals surface area contributed by atoms with Crippen molar-refractivity contribution in [1.29, 1.82) is 0 Å². The van der Waals surface area contributed by atoms with Crippen LogP contribution in [0, 0.1) is 0 Å². The van der Waals surface area contributed by atoms with Crippen molar-refractivity contribution in [3.8, 4) is 5.75 Å². The topological polar surface area (TPSA) is 56.3 Å². The molecule has 110 valence electrons. The molecule has 0 aliphatic rings. The fourth-order valence-corrected chi connectivity index (χ4v) is 3.41. The third-order valence-corrected chi connectivity index (χ3v) is 4.37. The highest BCUT2D eigenvalue weighted by Gasteiger charge is 2.11. The molecule has 2 rings (SSSR count). The molecule has 0 aliphatic heterocycles. The molecule has 2 N–H and O–H groups in total. The molecule has 0 amide bonds. The van der Waals surface area contributed by atoms with Crippen molar-refractivity contribution in [2.45, 2.75) is 33.1 Å². The molecule has 5 heteroatoms. The average molecular weight is 294 g/mol. The monoisotopic (exact) mass is 294 g/mol. The standard InChI is InChI=1S/C15H22N2O2S/c1-3-8-17(9-4-2)10-7-11-5-6-12(18)13-14(11)20-15(19)16-13/h5-6,18H,3-4,7-10H2,1-2H3,(H,16,19). The van der Waals surface area contributed by atoms with E-state index in [-0.39, 0.29) is 10.6 Å². The maximum atomic E-state index is 11.5. The zero-order valence-electron chi connectivity index (χ0n) is 12.1. The first-order chi connectivity index (χ1) is 9.65. The third kappa shape index (κ3) is 3.41. The highest BCUT2D eigenvalue weighted by molar-refractivity contribution is 7.16. The molecule has 0 bridgehead atoms. The van der Waals surface area contributed by atoms with Crippen molar-refractivity contribution < 1.29 is 5.11 Å². The molecule has 0 fully saturated rings. The van der Waals surface area contributed by atoms with Gasteiger partial charge in [0.2, 0.25) is 0 Å². The SMILES string of the molecule is CCCN(CCC)CCc1ccc(O)c2[nH]c(=O)sc12. The largest absolute Gasteiger partial charge is 0.506 e. The number of H-pyrrole nitrogens is 1. The number of hydrogen-bond donors (Lipinski definition) is 2. The number of fused-ring (bicyclic) bond motifs is 1. The Morgan fingerprint density at radius 3 is 2.55 bits per heavy atom. The van der Waals surface area contributed by atoms with Crippen LogP contribution in [0.15, 0.2) is 16.9 Å². The van der Waals surface area contributed by atoms with Gasteiger partial charge < -0.3 is 15.0 Å². The summed E-state index contributed by atoms with van der Waals surface area (Å²) in [5, 5.41) is 9.78. The second-order valence-electron chi connectivity index (χ2n) is 5.05. The summed E-state index contributed by atoms with van der Waals surface area (Å²) >= 11 is 1.18. The number of rotatable bonds is 7. The fourth-order valence-electron chi connectivity index (χ4n) is 2.52. The highest BCUT2D eigenvalue weighted by atomic mass is 32.1. The van der Waals surface area contributed by atoms with Crippen LogP contribution in [0.5, 0.6) is 5.75 Å². The lowest BCUT2D eigenvalue weighted by Gasteiger charge is -2.20. The van der Waals surface area contributed by atoms with Crippen LogP contribution in [0.1, 0.15) is 32.3 Å². The van der Waals surface area contributed by atoms with Crippen LogP contribution in [-0.2, 0) is 6.42 Å². The lowest BCUT2D eigenvalue weighted by atomic mass is 10.1. The molecule has 1 heterocycles. The van der Waals surface area contributed by atoms with E-state index in [4.69, 9.17) is 0 Å². The van der Waals surface area contributed by atoms with E-state index >= 15 is 0 Å². The zero-order valence-corrected chi connectivity index (χ0v) is 12.9. The van der Waals surface area contributed by atoms with Crippen molar-refractivity contribution in [1.82, 2.24) is 9.88 Å². The normalized spacial score (nSPS) is 11.6. The van der Waals surface area contributed by atoms with Gasteiger partial charge in [-0.05, 0) is 44.0 Å². The first-order valence-electron chi connectivity index (χ1n) is 7.21. The zero-order chi connectivity index (χ0) is 14.5. The van der Waals surface area contributed by atoms with Crippen molar-refractivity contribution >= 4 is 21.6 Å². The van der Waals surface area contributed by atoms with Gasteiger partial charge in [0.1, 0.15) is 11.3 Å². The van der Waals surface area contributed by atoms with Crippen molar-refractivity contribution in [2.75, 3.05) is 19.6 Å². The fraction of sp³-hybridized carbons (Fsp3) is 0.533. The van der Waals surface area contributed by atoms with E-state index in [0.29, 0.717) is 5.52 Å². The number of hydrogen-bond acceptors (Lipinski definition) is 4. The highest BCUT2D eigenvalue weighted by Crippen LogP contribution is 2.28. The maximum absolute atomic E-state index is 11.5. The second-order valence-corrected chi connectivity index (χ2v) is 6.04. The van der Waals surface area contributed by atoms with Gasteiger partial charge >= 0.3 is 4.87 Å². The Labute approximate surface area is 123 Å². The number of nitrogens with zero attached hydrogens (tertiary/aromatic N) is 1. The lowest BCUT2D eigenvalue weighted by molar-refractivity contribution is 0.278. The minimum atomic E-state index is -0.110. The Morgan fingerprint density at radius 1 is 1.20 bits per heavy atom. The molecule has 1 aromatic carbocycles. The summed E-state index contributed by atoms with van der Waals surface area (Å²) in [4.78, 5) is 16.5. The van der Waals surface area contributed by atoms with Gasteiger partial charge in [0.25, 0.3) is 0 Å². The van der Waals surface area contributed by atoms with E-state index in [1.54, 1.807) is 6.07 Å². The maximum Gasteiger partial charge on any atom is 0.305 e. The second kappa shape index (κ2) is 6.90. The molecule has 20 heavy (non-hydrogen) atoms. The molecule has 0 saturated carbocycles. The van der Waals surface area contributed by atoms with Crippen LogP contribution >= 0.6 is 11.3 Å². The number of phenols is 1. The smallest absolute Gasteiger partial charge is 0.305 e. The molecular weight excluding hydrogens is 272 g/mol. The van der Waals surface area contributed by atoms with Crippen molar-refractivity contribution in [3.05, 3.63) is 27.4 Å². The summed E-state index contributed by atoms with van der Waals surface area (Å²) in [5.41, 5.74) is 1.72. The molecule has 4 nitrogen and oxygen atoms in total. The molecule has 0 atom stereocenters. The van der Waals surface area contributed by atoms with Gasteiger partial charge in [-0.25, -0.2) is 0 Å². The number of phenolic OH excluding ortho intramolecular Hbond substituents is 1. The lowest BCUT2D eigenvalue weighted by Crippen LogP contribution is -2.27. The Bertz CT molecular complexity index is 612. The van der Waals surface area contributed by atoms with Gasteiger partial charge in [-0.2, -0.15) is 0 Å². The molecule has 2 aromatic rings. The third-order valence-electron chi connectivity index (χ3n) is 3.42. The van der Waals surface area contributed by atoms with E-state index in [9.17, 15) is 9.90 Å². The molecule has 1 aromatic heterocycles. The van der Waals surface area contributed by atoms with Gasteiger partial charge in [-0.3, -0.25) is 4.79 Å². The van der Waals surface area contributed by atoms with Crippen LogP contribution in [0.2, 0.25) is 0 Å². The van der Waals surface area contributed by atoms with Gasteiger partial charge in [0.05, 0.1) is 4.70 Å². The molecule has 0 radical (unpaired) electrons. The minimum Gasteiger partial charge on any atom is -0.506 e. The first-order valence-corrected chi connectivity index (χ1v) is 8.03. The van der Waals surface area contributed by atoms with Crippen LogP contribution < -0.4 is 4.87 Å². The van der Waals surface area contributed by atoms with Crippen LogP contribution in [0.4, 0.5) is 0 Å². The average Bonchev–Trinajstić information content (AvgIpc) is 2.81. The Kier molecular flexibility index (Phi) is 5.20. The number of aromatic hydroxyl groups is 1. The van der Waals surface area contributed by atoms with Crippen LogP contribution in [-0.4, -0.2) is 34.6 Å². The summed E-state index contributed by atoms with van der Waals surface area (Å²) in [6.45, 7) is 7.60. The summed E-state index contributed by atoms with van der Waals surface area (Å²) in [7, 11) is 0. The van der Waals surface area contributed by atoms with Crippen LogP contribution in [0.3, 0.4) is 0 Å². The molecule has 0 unspecified atom stereocenters. The Balaban J connectivity index is 2.17. The Morgan fingerprint density at radius 2 is 1.90 bits per heavy atom. The van der Waals surface area contributed by atoms with Gasteiger partial charge in [0, 0.05) is 6.54 Å². The van der Waals surface area contributed by atoms with Gasteiger partial charge in [-0.15, -0.1) is 0 Å². The number of benzene rings is 1. The van der Waals surface area contributed by atoms with Crippen molar-refractivity contribution in [3.63, 3.8) is 0 Å². The number of nitrogens with one attached hydrogen (secondary N) is 1. The Hall–Kier alpha value is -1.33. The van der Waals surface area contributed by atoms with Crippen LogP contribution in [0.25, 0.3) is 10.2 Å². The predicted molar refractivity (Wildman–Crippen MR) is 84.8 cm³/mol. The van der Waals surface area contributed by atoms with E-state index < -0.39 is 0 Å². The molecule has 0 spiro atoms. The van der Waals surface area contributed by atoms with Crippen molar-refractivity contribution in [2.24, 2.45) is 0 Å². The quantitative estimate of drug-likeness (QED) is 0.825. The van der Waals surface area contributed by atoms with E-state index in [2.05, 4.69) is 23.7 Å². The molecular formula is C15H22N2O2S. The summed E-state index contributed by atoms with van der Waals surface area (Å²) < 4.78 is 0.892. The van der Waals surface area contributed by atoms with E-state index in [1.807, 2.05) is 6.07 Å². The predicted octanol–water partition coefficient (Wildman–Crippen LogP) is 2.96. The first kappa shape index (κ1) is 15.1. The molecule has 0 aliphatic carbocycles. The number of aromatic nitrogens is 1. The summed E-state index contributed by atoms with van der Waals surface area (Å²) in [5.74, 6) is 0.154. The number of aromatic amines is 1. The van der Waals surface area contributed by atoms with Gasteiger partial charge in [0.15, 0.2) is 0 Å². The van der Waals surface area contributed by atoms with E-state index in [0.717, 1.165) is 49.2 Å². The van der Waals surface area contributed by atoms with E-state index in [1.165, 1.54) is 11.3 Å². The van der Waals surface area contributed by atoms with Gasteiger partial charge in [-0.1, -0.05) is 31.3 Å². The minimum absolute atomic E-state index is 0.110. The molecule has 0 saturated heterocycles.